The monoisotopic (exact) mass is 412 g/mol. The Morgan fingerprint density at radius 1 is 1.21 bits per heavy atom. The molecule has 5 rings (SSSR count). The van der Waals surface area contributed by atoms with E-state index in [1.807, 2.05) is 24.3 Å². The summed E-state index contributed by atoms with van der Waals surface area (Å²) in [5.74, 6) is 1.70. The highest BCUT2D eigenvalue weighted by molar-refractivity contribution is 6.30. The summed E-state index contributed by atoms with van der Waals surface area (Å²) in [5, 5.41) is 8.12. The van der Waals surface area contributed by atoms with Gasteiger partial charge in [-0.15, -0.1) is 0 Å². The van der Waals surface area contributed by atoms with Crippen LogP contribution in [0.2, 0.25) is 5.02 Å². The van der Waals surface area contributed by atoms with Crippen molar-refractivity contribution in [2.24, 2.45) is 5.10 Å². The lowest BCUT2D eigenvalue weighted by atomic mass is 9.90. The second kappa shape index (κ2) is 7.22. The summed E-state index contributed by atoms with van der Waals surface area (Å²) in [5.41, 5.74) is 2.97. The second-order valence-electron chi connectivity index (χ2n) is 8.15. The highest BCUT2D eigenvalue weighted by Gasteiger charge is 2.53. The molecule has 0 bridgehead atoms. The largest absolute Gasteiger partial charge is 0.493 e. The normalized spacial score (nSPS) is 27.8. The minimum Gasteiger partial charge on any atom is -0.493 e. The van der Waals surface area contributed by atoms with Gasteiger partial charge in [0.05, 0.1) is 51.3 Å². The van der Waals surface area contributed by atoms with E-state index in [-0.39, 0.29) is 6.04 Å². The number of rotatable bonds is 3. The van der Waals surface area contributed by atoms with Gasteiger partial charge in [0.2, 0.25) is 5.72 Å². The van der Waals surface area contributed by atoms with Crippen molar-refractivity contribution in [1.82, 2.24) is 5.01 Å². The van der Waals surface area contributed by atoms with Crippen LogP contribution in [0.1, 0.15) is 43.4 Å². The van der Waals surface area contributed by atoms with Gasteiger partial charge in [0.25, 0.3) is 0 Å². The Kier molecular flexibility index (Phi) is 4.67. The number of halogens is 1. The Labute approximate surface area is 176 Å². The molecule has 3 heterocycles. The number of para-hydroxylation sites is 1. The van der Waals surface area contributed by atoms with Gasteiger partial charge in [0.1, 0.15) is 0 Å². The summed E-state index contributed by atoms with van der Waals surface area (Å²) in [4.78, 5) is 1.63. The fourth-order valence-electron chi connectivity index (χ4n) is 4.93. The zero-order chi connectivity index (χ0) is 20.0. The van der Waals surface area contributed by atoms with E-state index in [9.17, 15) is 0 Å². The molecule has 0 unspecified atom stereocenters. The zero-order valence-corrected chi connectivity index (χ0v) is 17.7. The molecule has 2 aromatic carbocycles. The van der Waals surface area contributed by atoms with Gasteiger partial charge >= 0.3 is 0 Å². The summed E-state index contributed by atoms with van der Waals surface area (Å²) in [6.45, 7) is 5.59. The number of nitrogens with one attached hydrogen (secondary N) is 1. The van der Waals surface area contributed by atoms with Gasteiger partial charge in [-0.25, -0.2) is 5.01 Å². The van der Waals surface area contributed by atoms with Crippen molar-refractivity contribution < 1.29 is 14.4 Å². The van der Waals surface area contributed by atoms with Crippen LogP contribution in [0.5, 0.6) is 11.5 Å². The van der Waals surface area contributed by atoms with E-state index in [0.717, 1.165) is 72.3 Å². The maximum Gasteiger partial charge on any atom is 0.209 e. The Bertz CT molecular complexity index is 936. The van der Waals surface area contributed by atoms with Crippen LogP contribution in [-0.4, -0.2) is 43.2 Å². The highest BCUT2D eigenvalue weighted by Crippen LogP contribution is 2.52. The summed E-state index contributed by atoms with van der Waals surface area (Å²) >= 11 is 6.10. The van der Waals surface area contributed by atoms with Gasteiger partial charge in [-0.05, 0) is 30.7 Å². The van der Waals surface area contributed by atoms with Crippen LogP contribution in [0, 0.1) is 0 Å². The van der Waals surface area contributed by atoms with Crippen molar-refractivity contribution in [1.29, 1.82) is 0 Å². The van der Waals surface area contributed by atoms with Crippen LogP contribution in [-0.2, 0) is 0 Å². The van der Waals surface area contributed by atoms with Crippen LogP contribution in [0.15, 0.2) is 47.6 Å². The van der Waals surface area contributed by atoms with E-state index in [0.29, 0.717) is 0 Å². The number of hydrazone groups is 1. The molecule has 1 N–H and O–H groups in total. The van der Waals surface area contributed by atoms with E-state index in [1.54, 1.807) is 12.0 Å². The van der Waals surface area contributed by atoms with Gasteiger partial charge in [0.15, 0.2) is 11.5 Å². The van der Waals surface area contributed by atoms with Crippen molar-refractivity contribution in [3.63, 3.8) is 0 Å². The van der Waals surface area contributed by atoms with Crippen molar-refractivity contribution in [3.05, 3.63) is 58.6 Å². The number of likely N-dealkylation sites (tertiary alicyclic amines) is 1. The molecule has 3 aliphatic heterocycles. The highest BCUT2D eigenvalue weighted by atomic mass is 35.5. The number of methoxy groups -OCH3 is 1. The third-order valence-corrected chi connectivity index (χ3v) is 6.88. The molecule has 1 spiro atoms. The summed E-state index contributed by atoms with van der Waals surface area (Å²) in [7, 11) is 1.71. The molecule has 0 amide bonds. The van der Waals surface area contributed by atoms with E-state index < -0.39 is 5.72 Å². The Balaban J connectivity index is 1.57. The van der Waals surface area contributed by atoms with E-state index >= 15 is 0 Å². The average Bonchev–Trinajstić information content (AvgIpc) is 3.21. The number of ether oxygens (including phenoxy) is 2. The molecular weight excluding hydrogens is 386 g/mol. The number of fused-ring (bicyclic) bond motifs is 4. The van der Waals surface area contributed by atoms with Crippen LogP contribution in [0.25, 0.3) is 0 Å². The van der Waals surface area contributed by atoms with Crippen molar-refractivity contribution >= 4 is 17.3 Å². The summed E-state index contributed by atoms with van der Waals surface area (Å²) in [6.07, 6.45) is 2.78. The lowest BCUT2D eigenvalue weighted by Gasteiger charge is -2.50. The molecule has 1 fully saturated rings. The predicted octanol–water partition coefficient (Wildman–Crippen LogP) is 3.29. The lowest BCUT2D eigenvalue weighted by Crippen LogP contribution is -3.13. The molecule has 2 aromatic rings. The van der Waals surface area contributed by atoms with Crippen molar-refractivity contribution in [2.45, 2.75) is 38.0 Å². The molecule has 1 atom stereocenters. The van der Waals surface area contributed by atoms with Crippen LogP contribution < -0.4 is 14.4 Å². The molecule has 152 valence electrons. The van der Waals surface area contributed by atoms with Gasteiger partial charge < -0.3 is 14.4 Å². The smallest absolute Gasteiger partial charge is 0.209 e. The first-order chi connectivity index (χ1) is 14.1. The number of piperidine rings is 1. The maximum absolute atomic E-state index is 6.75. The topological polar surface area (TPSA) is 38.5 Å². The summed E-state index contributed by atoms with van der Waals surface area (Å²) < 4.78 is 12.4. The van der Waals surface area contributed by atoms with E-state index in [2.05, 4.69) is 30.1 Å². The molecular formula is C23H27ClN3O2+. The Morgan fingerprint density at radius 2 is 1.97 bits per heavy atom. The minimum absolute atomic E-state index is 0.169. The lowest BCUT2D eigenvalue weighted by molar-refractivity contribution is -0.906. The van der Waals surface area contributed by atoms with Crippen molar-refractivity contribution in [3.8, 4) is 11.5 Å². The van der Waals surface area contributed by atoms with E-state index in [4.69, 9.17) is 26.2 Å². The molecule has 6 heteroatoms. The van der Waals surface area contributed by atoms with Gasteiger partial charge in [-0.2, -0.15) is 5.10 Å². The van der Waals surface area contributed by atoms with Crippen LogP contribution in [0.4, 0.5) is 0 Å². The Morgan fingerprint density at radius 3 is 2.66 bits per heavy atom. The quantitative estimate of drug-likeness (QED) is 0.840. The SMILES string of the molecule is CC[NH+]1CCC2(CC1)Oc1c(OC)cccc1[C@H]1CC(c3ccc(Cl)cc3)=NN12. The molecule has 0 saturated carbocycles. The average molecular weight is 413 g/mol. The van der Waals surface area contributed by atoms with Gasteiger partial charge in [-0.3, -0.25) is 0 Å². The van der Waals surface area contributed by atoms with Crippen molar-refractivity contribution in [2.75, 3.05) is 26.7 Å². The van der Waals surface area contributed by atoms with Gasteiger partial charge in [0, 0.05) is 17.0 Å². The molecule has 5 nitrogen and oxygen atoms in total. The summed E-state index contributed by atoms with van der Waals surface area (Å²) in [6, 6.07) is 14.3. The molecule has 3 aliphatic rings. The third kappa shape index (κ3) is 3.08. The van der Waals surface area contributed by atoms with E-state index in [1.165, 1.54) is 0 Å². The molecule has 1 saturated heterocycles. The molecule has 29 heavy (non-hydrogen) atoms. The molecule has 0 radical (unpaired) electrons. The first-order valence-corrected chi connectivity index (χ1v) is 10.8. The fourth-order valence-corrected chi connectivity index (χ4v) is 5.05. The zero-order valence-electron chi connectivity index (χ0n) is 17.0. The maximum atomic E-state index is 6.75. The predicted molar refractivity (Wildman–Crippen MR) is 114 cm³/mol. The number of nitrogens with zero attached hydrogens (tertiary/aromatic N) is 2. The van der Waals surface area contributed by atoms with Crippen LogP contribution >= 0.6 is 11.6 Å². The number of hydrogen-bond acceptors (Lipinski definition) is 4. The number of benzene rings is 2. The first-order valence-electron chi connectivity index (χ1n) is 10.5. The molecule has 0 aromatic heterocycles. The number of hydrogen-bond donors (Lipinski definition) is 1. The molecule has 0 aliphatic carbocycles. The third-order valence-electron chi connectivity index (χ3n) is 6.62. The van der Waals surface area contributed by atoms with Crippen LogP contribution in [0.3, 0.4) is 0 Å². The Hall–Kier alpha value is -2.24. The standard InChI is InChI=1S/C23H26ClN3O2/c1-3-26-13-11-23(12-14-26)27-20(18-5-4-6-21(28-2)22(18)29-23)15-19(25-27)16-7-9-17(24)10-8-16/h4-10,20H,3,11-15H2,1-2H3/p+1/t20-/m1/s1. The first kappa shape index (κ1) is 18.8. The number of quaternary nitrogens is 1. The van der Waals surface area contributed by atoms with Gasteiger partial charge in [-0.1, -0.05) is 35.9 Å². The second-order valence-corrected chi connectivity index (χ2v) is 8.58. The fraction of sp³-hybridized carbons (Fsp3) is 0.435. The minimum atomic E-state index is -0.404.